The standard InChI is InChI=1S/C21H43N/c1-3-5-7-9-10-11-12-13-17-21-18-14-16-20-22(21)19-15-8-6-4-2/h21H,3-20H2,1-2H3. The van der Waals surface area contributed by atoms with Crippen LogP contribution in [0.4, 0.5) is 0 Å². The fraction of sp³-hybridized carbons (Fsp3) is 1.00. The molecule has 0 spiro atoms. The number of likely N-dealkylation sites (tertiary alicyclic amines) is 1. The summed E-state index contributed by atoms with van der Waals surface area (Å²) in [5.41, 5.74) is 0. The first-order chi connectivity index (χ1) is 10.9. The molecule has 1 aliphatic heterocycles. The third-order valence-electron chi connectivity index (χ3n) is 5.44. The van der Waals surface area contributed by atoms with Crippen LogP contribution in [0.2, 0.25) is 0 Å². The number of hydrogen-bond donors (Lipinski definition) is 0. The number of hydrogen-bond acceptors (Lipinski definition) is 1. The van der Waals surface area contributed by atoms with Crippen molar-refractivity contribution >= 4 is 0 Å². The molecule has 1 fully saturated rings. The zero-order valence-corrected chi connectivity index (χ0v) is 15.8. The summed E-state index contributed by atoms with van der Waals surface area (Å²) in [5, 5.41) is 0. The lowest BCUT2D eigenvalue weighted by atomic mass is 9.96. The SMILES string of the molecule is CCCCCCCCCCC1CCCCN1CCCCCC. The molecule has 0 aromatic rings. The fourth-order valence-corrected chi connectivity index (χ4v) is 3.94. The van der Waals surface area contributed by atoms with Crippen molar-refractivity contribution in [1.82, 2.24) is 4.90 Å². The van der Waals surface area contributed by atoms with Crippen molar-refractivity contribution < 1.29 is 0 Å². The van der Waals surface area contributed by atoms with E-state index in [4.69, 9.17) is 0 Å². The van der Waals surface area contributed by atoms with Crippen molar-refractivity contribution in [3.8, 4) is 0 Å². The third-order valence-corrected chi connectivity index (χ3v) is 5.44. The van der Waals surface area contributed by atoms with Crippen molar-refractivity contribution in [1.29, 1.82) is 0 Å². The lowest BCUT2D eigenvalue weighted by molar-refractivity contribution is 0.135. The van der Waals surface area contributed by atoms with E-state index in [1.807, 2.05) is 0 Å². The Labute approximate surface area is 141 Å². The fourth-order valence-electron chi connectivity index (χ4n) is 3.94. The maximum atomic E-state index is 2.83. The lowest BCUT2D eigenvalue weighted by Gasteiger charge is -2.36. The highest BCUT2D eigenvalue weighted by molar-refractivity contribution is 4.76. The molecular formula is C21H43N. The molecule has 1 rings (SSSR count). The maximum Gasteiger partial charge on any atom is 0.00952 e. The van der Waals surface area contributed by atoms with Crippen LogP contribution in [0.5, 0.6) is 0 Å². The molecule has 1 unspecified atom stereocenters. The predicted molar refractivity (Wildman–Crippen MR) is 101 cm³/mol. The van der Waals surface area contributed by atoms with Gasteiger partial charge in [-0.3, -0.25) is 0 Å². The van der Waals surface area contributed by atoms with Crippen molar-refractivity contribution in [2.24, 2.45) is 0 Å². The van der Waals surface area contributed by atoms with Crippen molar-refractivity contribution in [3.05, 3.63) is 0 Å². The highest BCUT2D eigenvalue weighted by Crippen LogP contribution is 2.23. The Kier molecular flexibility index (Phi) is 13.2. The van der Waals surface area contributed by atoms with Gasteiger partial charge in [0.25, 0.3) is 0 Å². The van der Waals surface area contributed by atoms with E-state index >= 15 is 0 Å². The van der Waals surface area contributed by atoms with Crippen molar-refractivity contribution in [2.75, 3.05) is 13.1 Å². The summed E-state index contributed by atoms with van der Waals surface area (Å²) in [5.74, 6) is 0. The summed E-state index contributed by atoms with van der Waals surface area (Å²) in [6.45, 7) is 7.37. The van der Waals surface area contributed by atoms with Crippen LogP contribution in [0, 0.1) is 0 Å². The Morgan fingerprint density at radius 1 is 0.682 bits per heavy atom. The van der Waals surface area contributed by atoms with Crippen molar-refractivity contribution in [3.63, 3.8) is 0 Å². The van der Waals surface area contributed by atoms with Gasteiger partial charge >= 0.3 is 0 Å². The smallest absolute Gasteiger partial charge is 0.00952 e. The summed E-state index contributed by atoms with van der Waals surface area (Å²) in [6.07, 6.45) is 23.2. The van der Waals surface area contributed by atoms with Gasteiger partial charge in [-0.1, -0.05) is 90.9 Å². The first kappa shape index (κ1) is 20.0. The summed E-state index contributed by atoms with van der Waals surface area (Å²) in [7, 11) is 0. The molecule has 1 atom stereocenters. The van der Waals surface area contributed by atoms with Crippen LogP contribution >= 0.6 is 0 Å². The largest absolute Gasteiger partial charge is 0.300 e. The molecule has 1 aliphatic rings. The van der Waals surface area contributed by atoms with Gasteiger partial charge in [-0.25, -0.2) is 0 Å². The minimum absolute atomic E-state index is 0.926. The zero-order valence-electron chi connectivity index (χ0n) is 15.8. The average Bonchev–Trinajstić information content (AvgIpc) is 2.55. The third kappa shape index (κ3) is 9.87. The summed E-state index contributed by atoms with van der Waals surface area (Å²) in [6, 6.07) is 0.926. The lowest BCUT2D eigenvalue weighted by Crippen LogP contribution is -2.40. The van der Waals surface area contributed by atoms with Gasteiger partial charge in [-0.15, -0.1) is 0 Å². The van der Waals surface area contributed by atoms with Crippen LogP contribution < -0.4 is 0 Å². The van der Waals surface area contributed by atoms with Crippen LogP contribution in [-0.4, -0.2) is 24.0 Å². The molecule has 0 aliphatic carbocycles. The van der Waals surface area contributed by atoms with Gasteiger partial charge in [0.1, 0.15) is 0 Å². The summed E-state index contributed by atoms with van der Waals surface area (Å²) < 4.78 is 0. The molecule has 1 heteroatoms. The number of rotatable bonds is 14. The van der Waals surface area contributed by atoms with Gasteiger partial charge in [-0.05, 0) is 38.8 Å². The normalized spacial score (nSPS) is 19.6. The molecule has 22 heavy (non-hydrogen) atoms. The van der Waals surface area contributed by atoms with Crippen LogP contribution in [0.25, 0.3) is 0 Å². The van der Waals surface area contributed by atoms with Crippen LogP contribution in [0.3, 0.4) is 0 Å². The average molecular weight is 310 g/mol. The minimum Gasteiger partial charge on any atom is -0.300 e. The molecule has 0 N–H and O–H groups in total. The number of piperidine rings is 1. The highest BCUT2D eigenvalue weighted by Gasteiger charge is 2.20. The minimum atomic E-state index is 0.926. The van der Waals surface area contributed by atoms with Gasteiger partial charge < -0.3 is 4.90 Å². The Bertz CT molecular complexity index is 226. The first-order valence-corrected chi connectivity index (χ1v) is 10.6. The Morgan fingerprint density at radius 2 is 1.27 bits per heavy atom. The summed E-state index contributed by atoms with van der Waals surface area (Å²) >= 11 is 0. The molecule has 1 heterocycles. The van der Waals surface area contributed by atoms with E-state index in [1.54, 1.807) is 0 Å². The Hall–Kier alpha value is -0.0400. The molecule has 0 aromatic heterocycles. The van der Waals surface area contributed by atoms with Gasteiger partial charge in [-0.2, -0.15) is 0 Å². The molecule has 0 bridgehead atoms. The van der Waals surface area contributed by atoms with E-state index in [9.17, 15) is 0 Å². The number of nitrogens with zero attached hydrogens (tertiary/aromatic N) is 1. The van der Waals surface area contributed by atoms with E-state index in [0.717, 1.165) is 6.04 Å². The van der Waals surface area contributed by atoms with Gasteiger partial charge in [0.15, 0.2) is 0 Å². The van der Waals surface area contributed by atoms with Gasteiger partial charge in [0.2, 0.25) is 0 Å². The first-order valence-electron chi connectivity index (χ1n) is 10.6. The molecule has 132 valence electrons. The second-order valence-corrected chi connectivity index (χ2v) is 7.51. The van der Waals surface area contributed by atoms with Crippen LogP contribution in [-0.2, 0) is 0 Å². The molecule has 0 aromatic carbocycles. The second kappa shape index (κ2) is 14.5. The molecule has 1 nitrogen and oxygen atoms in total. The quantitative estimate of drug-likeness (QED) is 0.314. The second-order valence-electron chi connectivity index (χ2n) is 7.51. The topological polar surface area (TPSA) is 3.24 Å². The molecule has 0 saturated carbocycles. The van der Waals surface area contributed by atoms with Crippen molar-refractivity contribution in [2.45, 2.75) is 123 Å². The van der Waals surface area contributed by atoms with Gasteiger partial charge in [0, 0.05) is 6.04 Å². The van der Waals surface area contributed by atoms with E-state index in [0.29, 0.717) is 0 Å². The monoisotopic (exact) mass is 309 g/mol. The number of unbranched alkanes of at least 4 members (excludes halogenated alkanes) is 10. The maximum absolute atomic E-state index is 2.83. The van der Waals surface area contributed by atoms with Crippen LogP contribution in [0.15, 0.2) is 0 Å². The van der Waals surface area contributed by atoms with E-state index < -0.39 is 0 Å². The Balaban J connectivity index is 2.03. The van der Waals surface area contributed by atoms with E-state index in [-0.39, 0.29) is 0 Å². The molecule has 0 amide bonds. The molecule has 1 saturated heterocycles. The van der Waals surface area contributed by atoms with Crippen LogP contribution in [0.1, 0.15) is 117 Å². The summed E-state index contributed by atoms with van der Waals surface area (Å²) in [4.78, 5) is 2.83. The predicted octanol–water partition coefficient (Wildman–Crippen LogP) is 6.95. The van der Waals surface area contributed by atoms with E-state index in [1.165, 1.54) is 116 Å². The zero-order chi connectivity index (χ0) is 15.9. The molecular weight excluding hydrogens is 266 g/mol. The van der Waals surface area contributed by atoms with Gasteiger partial charge in [0.05, 0.1) is 0 Å². The Morgan fingerprint density at radius 3 is 1.95 bits per heavy atom. The van der Waals surface area contributed by atoms with E-state index in [2.05, 4.69) is 18.7 Å². The molecule has 0 radical (unpaired) electrons. The highest BCUT2D eigenvalue weighted by atomic mass is 15.2.